The molecule has 0 aromatic carbocycles. The van der Waals surface area contributed by atoms with Gasteiger partial charge in [-0.3, -0.25) is 9.59 Å². The number of urea groups is 1. The van der Waals surface area contributed by atoms with Gasteiger partial charge in [-0.15, -0.1) is 0 Å². The lowest BCUT2D eigenvalue weighted by molar-refractivity contribution is -0.139. The van der Waals surface area contributed by atoms with Crippen LogP contribution in [0.5, 0.6) is 0 Å². The smallest absolute Gasteiger partial charge is 0.320 e. The van der Waals surface area contributed by atoms with Crippen LogP contribution in [0.4, 0.5) is 4.79 Å². The fourth-order valence-corrected chi connectivity index (χ4v) is 3.59. The average molecular weight is 295 g/mol. The van der Waals surface area contributed by atoms with Crippen LogP contribution in [0.1, 0.15) is 25.7 Å². The molecule has 0 aromatic rings. The molecule has 3 fully saturated rings. The number of fused-ring (bicyclic) bond motifs is 1. The van der Waals surface area contributed by atoms with E-state index in [0.29, 0.717) is 38.5 Å². The molecule has 2 atom stereocenters. The Hall–Kier alpha value is -1.79. The largest absolute Gasteiger partial charge is 0.481 e. The van der Waals surface area contributed by atoms with Crippen molar-refractivity contribution in [2.45, 2.75) is 31.7 Å². The maximum absolute atomic E-state index is 12.4. The summed E-state index contributed by atoms with van der Waals surface area (Å²) < 4.78 is 0. The van der Waals surface area contributed by atoms with E-state index in [2.05, 4.69) is 5.32 Å². The molecule has 3 heterocycles. The fourth-order valence-electron chi connectivity index (χ4n) is 3.59. The van der Waals surface area contributed by atoms with E-state index in [1.165, 1.54) is 0 Å². The average Bonchev–Trinajstić information content (AvgIpc) is 2.41. The number of piperidine rings is 2. The molecular weight excluding hydrogens is 274 g/mol. The van der Waals surface area contributed by atoms with Gasteiger partial charge in [-0.1, -0.05) is 0 Å². The first-order valence-corrected chi connectivity index (χ1v) is 7.58. The van der Waals surface area contributed by atoms with E-state index < -0.39 is 5.97 Å². The van der Waals surface area contributed by atoms with Gasteiger partial charge in [-0.2, -0.15) is 0 Å². The van der Waals surface area contributed by atoms with Crippen LogP contribution in [-0.2, 0) is 9.59 Å². The first-order valence-electron chi connectivity index (χ1n) is 7.58. The zero-order valence-corrected chi connectivity index (χ0v) is 12.0. The Morgan fingerprint density at radius 3 is 2.67 bits per heavy atom. The summed E-state index contributed by atoms with van der Waals surface area (Å²) in [7, 11) is 0. The summed E-state index contributed by atoms with van der Waals surface area (Å²) in [4.78, 5) is 37.9. The minimum Gasteiger partial charge on any atom is -0.481 e. The molecule has 2 N–H and O–H groups in total. The molecule has 3 rings (SSSR count). The van der Waals surface area contributed by atoms with Gasteiger partial charge in [0, 0.05) is 44.6 Å². The molecule has 0 spiro atoms. The zero-order chi connectivity index (χ0) is 15.0. The quantitative estimate of drug-likeness (QED) is 0.757. The van der Waals surface area contributed by atoms with Crippen LogP contribution in [0.15, 0.2) is 0 Å². The van der Waals surface area contributed by atoms with Gasteiger partial charge in [0.15, 0.2) is 0 Å². The molecule has 0 saturated carbocycles. The molecule has 3 aliphatic rings. The number of carbonyl (C=O) groups excluding carboxylic acids is 2. The minimum atomic E-state index is -0.800. The SMILES string of the molecule is O=C(O)CC1CN(C(=O)N2CCC3NC(=O)CCC3C2)C1. The second-order valence-corrected chi connectivity index (χ2v) is 6.36. The number of carboxylic acid groups (broad SMARTS) is 1. The van der Waals surface area contributed by atoms with Crippen molar-refractivity contribution >= 4 is 17.9 Å². The second kappa shape index (κ2) is 5.54. The lowest BCUT2D eigenvalue weighted by Crippen LogP contribution is -2.60. The number of carbonyl (C=O) groups is 3. The summed E-state index contributed by atoms with van der Waals surface area (Å²) in [5.74, 6) is -0.226. The Morgan fingerprint density at radius 2 is 1.95 bits per heavy atom. The number of rotatable bonds is 2. The first kappa shape index (κ1) is 14.2. The molecule has 0 aliphatic carbocycles. The van der Waals surface area contributed by atoms with Crippen molar-refractivity contribution in [3.63, 3.8) is 0 Å². The van der Waals surface area contributed by atoms with Crippen LogP contribution in [-0.4, -0.2) is 65.0 Å². The summed E-state index contributed by atoms with van der Waals surface area (Å²) in [6.07, 6.45) is 2.35. The number of hydrogen-bond donors (Lipinski definition) is 2. The lowest BCUT2D eigenvalue weighted by atomic mass is 9.85. The maximum atomic E-state index is 12.4. The van der Waals surface area contributed by atoms with Crippen LogP contribution in [0, 0.1) is 11.8 Å². The van der Waals surface area contributed by atoms with E-state index in [0.717, 1.165) is 12.8 Å². The highest BCUT2D eigenvalue weighted by Crippen LogP contribution is 2.28. The molecule has 0 bridgehead atoms. The Labute approximate surface area is 123 Å². The van der Waals surface area contributed by atoms with Crippen molar-refractivity contribution < 1.29 is 19.5 Å². The van der Waals surface area contributed by atoms with Crippen molar-refractivity contribution in [1.82, 2.24) is 15.1 Å². The van der Waals surface area contributed by atoms with Gasteiger partial charge in [-0.05, 0) is 18.8 Å². The highest BCUT2D eigenvalue weighted by atomic mass is 16.4. The van der Waals surface area contributed by atoms with Crippen LogP contribution >= 0.6 is 0 Å². The molecule has 2 unspecified atom stereocenters. The number of likely N-dealkylation sites (tertiary alicyclic amines) is 2. The Morgan fingerprint density at radius 1 is 1.19 bits per heavy atom. The molecule has 3 amide bonds. The predicted molar refractivity (Wildman–Crippen MR) is 73.6 cm³/mol. The molecule has 116 valence electrons. The third-order valence-electron chi connectivity index (χ3n) is 4.78. The van der Waals surface area contributed by atoms with Crippen LogP contribution in [0.25, 0.3) is 0 Å². The monoisotopic (exact) mass is 295 g/mol. The standard InChI is InChI=1S/C14H21N3O4/c18-12-2-1-10-8-16(4-3-11(10)15-12)14(21)17-6-9(7-17)5-13(19)20/h9-11H,1-8H2,(H,15,18)(H,19,20). The van der Waals surface area contributed by atoms with E-state index in [-0.39, 0.29) is 30.3 Å². The number of carboxylic acids is 1. The number of hydrogen-bond acceptors (Lipinski definition) is 3. The van der Waals surface area contributed by atoms with E-state index in [9.17, 15) is 14.4 Å². The van der Waals surface area contributed by atoms with Gasteiger partial charge in [0.1, 0.15) is 0 Å². The molecule has 0 radical (unpaired) electrons. The zero-order valence-electron chi connectivity index (χ0n) is 12.0. The van der Waals surface area contributed by atoms with Crippen molar-refractivity contribution in [1.29, 1.82) is 0 Å². The van der Waals surface area contributed by atoms with Crippen LogP contribution in [0.2, 0.25) is 0 Å². The molecule has 7 nitrogen and oxygen atoms in total. The van der Waals surface area contributed by atoms with E-state index in [1.54, 1.807) is 4.90 Å². The van der Waals surface area contributed by atoms with Gasteiger partial charge >= 0.3 is 12.0 Å². The first-order chi connectivity index (χ1) is 10.0. The van der Waals surface area contributed by atoms with Gasteiger partial charge < -0.3 is 20.2 Å². The maximum Gasteiger partial charge on any atom is 0.320 e. The summed E-state index contributed by atoms with van der Waals surface area (Å²) in [5, 5.41) is 11.7. The molecule has 3 saturated heterocycles. The predicted octanol–water partition coefficient (Wildman–Crippen LogP) is 0.113. The van der Waals surface area contributed by atoms with Gasteiger partial charge in [0.25, 0.3) is 0 Å². The molecule has 3 aliphatic heterocycles. The minimum absolute atomic E-state index is 0.0204. The number of amides is 3. The molecule has 0 aromatic heterocycles. The highest BCUT2D eigenvalue weighted by molar-refractivity contribution is 5.78. The topological polar surface area (TPSA) is 89.9 Å². The van der Waals surface area contributed by atoms with E-state index >= 15 is 0 Å². The summed E-state index contributed by atoms with van der Waals surface area (Å²) in [6, 6.07) is 0.235. The Bertz CT molecular complexity index is 461. The Kier molecular flexibility index (Phi) is 3.73. The third-order valence-corrected chi connectivity index (χ3v) is 4.78. The van der Waals surface area contributed by atoms with Crippen LogP contribution < -0.4 is 5.32 Å². The summed E-state index contributed by atoms with van der Waals surface area (Å²) in [5.41, 5.74) is 0. The van der Waals surface area contributed by atoms with Gasteiger partial charge in [0.05, 0.1) is 6.42 Å². The van der Waals surface area contributed by atoms with Crippen molar-refractivity contribution in [2.75, 3.05) is 26.2 Å². The van der Waals surface area contributed by atoms with Crippen LogP contribution in [0.3, 0.4) is 0 Å². The molecule has 21 heavy (non-hydrogen) atoms. The number of aliphatic carboxylic acids is 1. The fraction of sp³-hybridized carbons (Fsp3) is 0.786. The molecule has 7 heteroatoms. The van der Waals surface area contributed by atoms with Crippen molar-refractivity contribution in [3.05, 3.63) is 0 Å². The second-order valence-electron chi connectivity index (χ2n) is 6.36. The third kappa shape index (κ3) is 2.96. The normalized spacial score (nSPS) is 29.4. The lowest BCUT2D eigenvalue weighted by Gasteiger charge is -2.46. The van der Waals surface area contributed by atoms with Gasteiger partial charge in [0.2, 0.25) is 5.91 Å². The molecular formula is C14H21N3O4. The van der Waals surface area contributed by atoms with Crippen molar-refractivity contribution in [2.24, 2.45) is 11.8 Å². The van der Waals surface area contributed by atoms with E-state index in [1.807, 2.05) is 4.90 Å². The highest BCUT2D eigenvalue weighted by Gasteiger charge is 2.39. The summed E-state index contributed by atoms with van der Waals surface area (Å²) in [6.45, 7) is 2.46. The van der Waals surface area contributed by atoms with Gasteiger partial charge in [-0.25, -0.2) is 4.79 Å². The number of nitrogens with one attached hydrogen (secondary N) is 1. The Balaban J connectivity index is 1.49. The van der Waals surface area contributed by atoms with E-state index in [4.69, 9.17) is 5.11 Å². The summed E-state index contributed by atoms with van der Waals surface area (Å²) >= 11 is 0. The number of nitrogens with zero attached hydrogens (tertiary/aromatic N) is 2. The van der Waals surface area contributed by atoms with Crippen molar-refractivity contribution in [3.8, 4) is 0 Å².